The Hall–Kier alpha value is -0.280. The normalized spacial score (nSPS) is 14.4. The van der Waals surface area contributed by atoms with E-state index in [0.717, 1.165) is 11.6 Å². The zero-order valence-electron chi connectivity index (χ0n) is 5.43. The number of anilines is 1. The molecule has 0 atom stereocenters. The summed E-state index contributed by atoms with van der Waals surface area (Å²) in [5.41, 5.74) is 6.74. The number of thiazole rings is 1. The number of aromatic nitrogens is 1. The number of nitrogens with zero attached hydrogens (tertiary/aromatic N) is 1. The molecule has 0 bridgehead atoms. The number of hydrogen-bond acceptors (Lipinski definition) is 3. The Labute approximate surface area is 69.9 Å². The summed E-state index contributed by atoms with van der Waals surface area (Å²) < 4.78 is 0. The van der Waals surface area contributed by atoms with E-state index in [4.69, 9.17) is 5.73 Å². The third kappa shape index (κ3) is 1.11. The maximum Gasteiger partial charge on any atom is 0.180 e. The highest BCUT2D eigenvalue weighted by Crippen LogP contribution is 2.28. The van der Waals surface area contributed by atoms with Crippen LogP contribution in [-0.4, -0.2) is 4.98 Å². The minimum absolute atomic E-state index is 0. The SMILES string of the molecule is Nc1nc2c(s1)CCC2.[Cl-]. The second-order valence-electron chi connectivity index (χ2n) is 2.28. The zero-order valence-corrected chi connectivity index (χ0v) is 7.00. The summed E-state index contributed by atoms with van der Waals surface area (Å²) >= 11 is 1.64. The van der Waals surface area contributed by atoms with E-state index in [1.807, 2.05) is 0 Å². The highest BCUT2D eigenvalue weighted by molar-refractivity contribution is 7.15. The van der Waals surface area contributed by atoms with Gasteiger partial charge in [-0.05, 0) is 19.3 Å². The van der Waals surface area contributed by atoms with Crippen LogP contribution in [0.25, 0.3) is 0 Å². The molecule has 2 rings (SSSR count). The molecular formula is C6H8ClN2S-. The molecule has 2 N–H and O–H groups in total. The van der Waals surface area contributed by atoms with Crippen LogP contribution in [0.4, 0.5) is 5.13 Å². The highest BCUT2D eigenvalue weighted by atomic mass is 35.5. The van der Waals surface area contributed by atoms with Crippen LogP contribution < -0.4 is 18.1 Å². The molecule has 2 nitrogen and oxygen atoms in total. The van der Waals surface area contributed by atoms with Gasteiger partial charge in [-0.25, -0.2) is 4.98 Å². The summed E-state index contributed by atoms with van der Waals surface area (Å²) in [5.74, 6) is 0. The molecule has 56 valence electrons. The van der Waals surface area contributed by atoms with Gasteiger partial charge in [0.25, 0.3) is 0 Å². The van der Waals surface area contributed by atoms with E-state index in [9.17, 15) is 0 Å². The van der Waals surface area contributed by atoms with Crippen LogP contribution in [0.2, 0.25) is 0 Å². The van der Waals surface area contributed by atoms with E-state index >= 15 is 0 Å². The first-order chi connectivity index (χ1) is 4.36. The average Bonchev–Trinajstić information content (AvgIpc) is 2.22. The molecular weight excluding hydrogens is 168 g/mol. The van der Waals surface area contributed by atoms with Gasteiger partial charge in [0.05, 0.1) is 5.69 Å². The molecule has 0 aromatic carbocycles. The molecule has 1 aliphatic carbocycles. The van der Waals surface area contributed by atoms with Gasteiger partial charge in [0.15, 0.2) is 5.13 Å². The summed E-state index contributed by atoms with van der Waals surface area (Å²) in [4.78, 5) is 5.60. The summed E-state index contributed by atoms with van der Waals surface area (Å²) in [7, 11) is 0. The van der Waals surface area contributed by atoms with Crippen molar-refractivity contribution in [1.29, 1.82) is 0 Å². The van der Waals surface area contributed by atoms with Crippen molar-refractivity contribution in [2.75, 3.05) is 5.73 Å². The van der Waals surface area contributed by atoms with Gasteiger partial charge in [-0.15, -0.1) is 11.3 Å². The molecule has 0 amide bonds. The van der Waals surface area contributed by atoms with E-state index in [1.54, 1.807) is 11.3 Å². The molecule has 1 aromatic rings. The van der Waals surface area contributed by atoms with E-state index in [2.05, 4.69) is 4.98 Å². The van der Waals surface area contributed by atoms with Crippen LogP contribution in [0.3, 0.4) is 0 Å². The van der Waals surface area contributed by atoms with Gasteiger partial charge < -0.3 is 18.1 Å². The average molecular weight is 176 g/mol. The maximum atomic E-state index is 5.50. The standard InChI is InChI=1S/C6H8N2S.ClH/c7-6-8-4-2-1-3-5(4)9-6;/h1-3H2,(H2,7,8);1H/p-1. The van der Waals surface area contributed by atoms with E-state index in [0.29, 0.717) is 0 Å². The minimum Gasteiger partial charge on any atom is -1.00 e. The van der Waals surface area contributed by atoms with Crippen molar-refractivity contribution >= 4 is 16.5 Å². The molecule has 0 saturated heterocycles. The predicted octanol–water partition coefficient (Wildman–Crippen LogP) is -1.78. The topological polar surface area (TPSA) is 38.9 Å². The van der Waals surface area contributed by atoms with Gasteiger partial charge in [-0.2, -0.15) is 0 Å². The second kappa shape index (κ2) is 2.76. The molecule has 1 aromatic heterocycles. The van der Waals surface area contributed by atoms with Crippen molar-refractivity contribution in [3.8, 4) is 0 Å². The van der Waals surface area contributed by atoms with E-state index in [1.165, 1.54) is 23.4 Å². The van der Waals surface area contributed by atoms with Crippen LogP contribution in [0, 0.1) is 0 Å². The van der Waals surface area contributed by atoms with Gasteiger partial charge in [0, 0.05) is 4.88 Å². The maximum absolute atomic E-state index is 5.50. The number of hydrogen-bond donors (Lipinski definition) is 1. The first-order valence-electron chi connectivity index (χ1n) is 3.10. The molecule has 10 heavy (non-hydrogen) atoms. The van der Waals surface area contributed by atoms with Crippen LogP contribution in [0.5, 0.6) is 0 Å². The lowest BCUT2D eigenvalue weighted by Gasteiger charge is -1.80. The number of rotatable bonds is 0. The van der Waals surface area contributed by atoms with Crippen molar-refractivity contribution in [2.45, 2.75) is 19.3 Å². The molecule has 1 aliphatic rings. The minimum atomic E-state index is 0. The van der Waals surface area contributed by atoms with Crippen molar-refractivity contribution in [1.82, 2.24) is 4.98 Å². The molecule has 0 aliphatic heterocycles. The fourth-order valence-electron chi connectivity index (χ4n) is 1.21. The van der Waals surface area contributed by atoms with E-state index in [-0.39, 0.29) is 12.4 Å². The number of fused-ring (bicyclic) bond motifs is 1. The molecule has 0 spiro atoms. The van der Waals surface area contributed by atoms with Crippen LogP contribution in [0.1, 0.15) is 17.0 Å². The lowest BCUT2D eigenvalue weighted by molar-refractivity contribution is -0.00000189. The fraction of sp³-hybridized carbons (Fsp3) is 0.500. The van der Waals surface area contributed by atoms with Crippen LogP contribution in [-0.2, 0) is 12.8 Å². The lowest BCUT2D eigenvalue weighted by atomic mass is 10.4. The van der Waals surface area contributed by atoms with Crippen LogP contribution >= 0.6 is 11.3 Å². The second-order valence-corrected chi connectivity index (χ2v) is 3.39. The molecule has 0 radical (unpaired) electrons. The van der Waals surface area contributed by atoms with Gasteiger partial charge in [0.2, 0.25) is 0 Å². The van der Waals surface area contributed by atoms with Crippen molar-refractivity contribution in [2.24, 2.45) is 0 Å². The Kier molecular flexibility index (Phi) is 2.16. The summed E-state index contributed by atoms with van der Waals surface area (Å²) in [6.45, 7) is 0. The Morgan fingerprint density at radius 2 is 2.20 bits per heavy atom. The summed E-state index contributed by atoms with van der Waals surface area (Å²) in [6, 6.07) is 0. The quantitative estimate of drug-likeness (QED) is 0.507. The Morgan fingerprint density at radius 3 is 2.90 bits per heavy atom. The summed E-state index contributed by atoms with van der Waals surface area (Å²) in [5, 5.41) is 0.736. The third-order valence-electron chi connectivity index (χ3n) is 1.61. The van der Waals surface area contributed by atoms with Gasteiger partial charge in [-0.1, -0.05) is 0 Å². The number of nitrogen functional groups attached to an aromatic ring is 1. The summed E-state index contributed by atoms with van der Waals surface area (Å²) in [6.07, 6.45) is 3.61. The number of aryl methyl sites for hydroxylation is 2. The monoisotopic (exact) mass is 175 g/mol. The zero-order chi connectivity index (χ0) is 6.27. The van der Waals surface area contributed by atoms with E-state index < -0.39 is 0 Å². The van der Waals surface area contributed by atoms with Crippen molar-refractivity contribution in [3.63, 3.8) is 0 Å². The number of nitrogens with two attached hydrogens (primary N) is 1. The lowest BCUT2D eigenvalue weighted by Crippen LogP contribution is -3.00. The molecule has 4 heteroatoms. The van der Waals surface area contributed by atoms with Gasteiger partial charge in [0.1, 0.15) is 0 Å². The molecule has 0 fully saturated rings. The van der Waals surface area contributed by atoms with Crippen LogP contribution in [0.15, 0.2) is 0 Å². The fourth-order valence-corrected chi connectivity index (χ4v) is 2.13. The van der Waals surface area contributed by atoms with Gasteiger partial charge in [-0.3, -0.25) is 0 Å². The Morgan fingerprint density at radius 1 is 1.40 bits per heavy atom. The predicted molar refractivity (Wildman–Crippen MR) is 38.6 cm³/mol. The number of halogens is 1. The van der Waals surface area contributed by atoms with Gasteiger partial charge >= 0.3 is 0 Å². The highest BCUT2D eigenvalue weighted by Gasteiger charge is 2.14. The third-order valence-corrected chi connectivity index (χ3v) is 2.60. The first-order valence-corrected chi connectivity index (χ1v) is 3.92. The van der Waals surface area contributed by atoms with Crippen molar-refractivity contribution in [3.05, 3.63) is 10.6 Å². The Balaban J connectivity index is 0.000000500. The molecule has 0 unspecified atom stereocenters. The van der Waals surface area contributed by atoms with Crippen molar-refractivity contribution < 1.29 is 12.4 Å². The Bertz CT molecular complexity index is 212. The molecule has 1 heterocycles. The molecule has 0 saturated carbocycles. The largest absolute Gasteiger partial charge is 1.00 e. The smallest absolute Gasteiger partial charge is 0.180 e. The first kappa shape index (κ1) is 7.82.